The van der Waals surface area contributed by atoms with Crippen LogP contribution in [0.2, 0.25) is 0 Å². The van der Waals surface area contributed by atoms with Crippen molar-refractivity contribution in [2.45, 2.75) is 38.1 Å². The summed E-state index contributed by atoms with van der Waals surface area (Å²) in [6, 6.07) is -0.584. The fourth-order valence-electron chi connectivity index (χ4n) is 3.21. The van der Waals surface area contributed by atoms with Crippen molar-refractivity contribution in [1.82, 2.24) is 14.7 Å². The zero-order chi connectivity index (χ0) is 13.4. The van der Waals surface area contributed by atoms with E-state index in [9.17, 15) is 14.4 Å². The van der Waals surface area contributed by atoms with Crippen molar-refractivity contribution in [3.8, 4) is 0 Å². The van der Waals surface area contributed by atoms with Gasteiger partial charge in [-0.1, -0.05) is 0 Å². The van der Waals surface area contributed by atoms with Gasteiger partial charge in [-0.2, -0.15) is 0 Å². The molecule has 0 radical (unpaired) electrons. The van der Waals surface area contributed by atoms with Crippen LogP contribution in [-0.4, -0.2) is 64.8 Å². The minimum Gasteiger partial charge on any atom is -0.341 e. The SMILES string of the molecule is O=C(CN1C(=O)C2CCCN2C1=O)N1CCCCC1. The van der Waals surface area contributed by atoms with Gasteiger partial charge in [-0.25, -0.2) is 4.79 Å². The van der Waals surface area contributed by atoms with E-state index in [0.29, 0.717) is 6.54 Å². The van der Waals surface area contributed by atoms with E-state index in [4.69, 9.17) is 0 Å². The van der Waals surface area contributed by atoms with Gasteiger partial charge >= 0.3 is 6.03 Å². The number of hydrogen-bond donors (Lipinski definition) is 0. The van der Waals surface area contributed by atoms with Gasteiger partial charge in [0.1, 0.15) is 12.6 Å². The van der Waals surface area contributed by atoms with E-state index in [1.807, 2.05) is 0 Å². The highest BCUT2D eigenvalue weighted by Gasteiger charge is 2.48. The average molecular weight is 265 g/mol. The Kier molecular flexibility index (Phi) is 3.16. The molecule has 0 N–H and O–H groups in total. The second kappa shape index (κ2) is 4.83. The molecular weight excluding hydrogens is 246 g/mol. The highest BCUT2D eigenvalue weighted by atomic mass is 16.2. The molecule has 4 amide bonds. The predicted molar refractivity (Wildman–Crippen MR) is 67.3 cm³/mol. The number of carbonyl (C=O) groups is 3. The first kappa shape index (κ1) is 12.4. The first-order valence-corrected chi connectivity index (χ1v) is 7.08. The largest absolute Gasteiger partial charge is 0.341 e. The number of likely N-dealkylation sites (tertiary alicyclic amines) is 1. The van der Waals surface area contributed by atoms with E-state index in [1.165, 1.54) is 0 Å². The van der Waals surface area contributed by atoms with Crippen LogP contribution in [0.15, 0.2) is 0 Å². The molecule has 3 aliphatic heterocycles. The minimum absolute atomic E-state index is 0.0787. The lowest BCUT2D eigenvalue weighted by Gasteiger charge is -2.28. The van der Waals surface area contributed by atoms with Crippen LogP contribution in [0.3, 0.4) is 0 Å². The molecule has 0 spiro atoms. The van der Waals surface area contributed by atoms with Crippen molar-refractivity contribution in [3.63, 3.8) is 0 Å². The Morgan fingerprint density at radius 3 is 2.47 bits per heavy atom. The molecule has 3 fully saturated rings. The summed E-state index contributed by atoms with van der Waals surface area (Å²) < 4.78 is 0. The molecule has 0 saturated carbocycles. The normalized spacial score (nSPS) is 27.2. The molecular formula is C13H19N3O3. The summed E-state index contributed by atoms with van der Waals surface area (Å²) in [6.07, 6.45) is 4.81. The molecule has 0 aromatic heterocycles. The Balaban J connectivity index is 1.64. The molecule has 1 atom stereocenters. The highest BCUT2D eigenvalue weighted by molar-refractivity contribution is 6.06. The van der Waals surface area contributed by atoms with Crippen molar-refractivity contribution in [1.29, 1.82) is 0 Å². The summed E-state index contributed by atoms with van der Waals surface area (Å²) in [5.41, 5.74) is 0. The standard InChI is InChI=1S/C13H19N3O3/c17-11(14-6-2-1-3-7-14)9-16-12(18)10-5-4-8-15(10)13(16)19/h10H,1-9H2. The third kappa shape index (κ3) is 2.09. The third-order valence-electron chi connectivity index (χ3n) is 4.28. The van der Waals surface area contributed by atoms with Gasteiger partial charge in [0, 0.05) is 19.6 Å². The van der Waals surface area contributed by atoms with Crippen molar-refractivity contribution in [2.75, 3.05) is 26.2 Å². The zero-order valence-electron chi connectivity index (χ0n) is 11.0. The van der Waals surface area contributed by atoms with Crippen molar-refractivity contribution in [2.24, 2.45) is 0 Å². The molecule has 0 aliphatic carbocycles. The Morgan fingerprint density at radius 1 is 1.05 bits per heavy atom. The lowest BCUT2D eigenvalue weighted by atomic mass is 10.1. The number of hydrogen-bond acceptors (Lipinski definition) is 3. The smallest absolute Gasteiger partial charge is 0.327 e. The number of rotatable bonds is 2. The molecule has 0 aromatic rings. The van der Waals surface area contributed by atoms with E-state index in [1.54, 1.807) is 9.80 Å². The van der Waals surface area contributed by atoms with Gasteiger partial charge < -0.3 is 9.80 Å². The number of urea groups is 1. The molecule has 19 heavy (non-hydrogen) atoms. The molecule has 104 valence electrons. The van der Waals surface area contributed by atoms with Crippen LogP contribution in [0.4, 0.5) is 4.79 Å². The fourth-order valence-corrected chi connectivity index (χ4v) is 3.21. The Morgan fingerprint density at radius 2 is 1.79 bits per heavy atom. The van der Waals surface area contributed by atoms with Gasteiger partial charge in [-0.3, -0.25) is 14.5 Å². The van der Waals surface area contributed by atoms with Crippen molar-refractivity contribution in [3.05, 3.63) is 0 Å². The Bertz CT molecular complexity index is 395. The first-order chi connectivity index (χ1) is 9.18. The molecule has 6 nitrogen and oxygen atoms in total. The maximum absolute atomic E-state index is 12.1. The highest BCUT2D eigenvalue weighted by Crippen LogP contribution is 2.27. The van der Waals surface area contributed by atoms with Gasteiger partial charge in [0.15, 0.2) is 0 Å². The van der Waals surface area contributed by atoms with Gasteiger partial charge in [0.2, 0.25) is 5.91 Å². The van der Waals surface area contributed by atoms with Crippen LogP contribution in [0.25, 0.3) is 0 Å². The fraction of sp³-hybridized carbons (Fsp3) is 0.769. The summed E-state index contributed by atoms with van der Waals surface area (Å²) in [4.78, 5) is 40.8. The van der Waals surface area contributed by atoms with E-state index in [2.05, 4.69) is 0 Å². The lowest BCUT2D eigenvalue weighted by Crippen LogP contribution is -2.45. The molecule has 3 saturated heterocycles. The van der Waals surface area contributed by atoms with Gasteiger partial charge in [0.05, 0.1) is 0 Å². The maximum atomic E-state index is 12.1. The molecule has 3 heterocycles. The van der Waals surface area contributed by atoms with Crippen LogP contribution in [0.1, 0.15) is 32.1 Å². The number of piperidine rings is 1. The summed E-state index contributed by atoms with van der Waals surface area (Å²) >= 11 is 0. The van der Waals surface area contributed by atoms with Crippen LogP contribution in [0, 0.1) is 0 Å². The predicted octanol–water partition coefficient (Wildman–Crippen LogP) is 0.425. The summed E-state index contributed by atoms with van der Waals surface area (Å²) in [6.45, 7) is 2.07. The van der Waals surface area contributed by atoms with Gasteiger partial charge in [-0.15, -0.1) is 0 Å². The van der Waals surface area contributed by atoms with E-state index >= 15 is 0 Å². The lowest BCUT2D eigenvalue weighted by molar-refractivity contribution is -0.138. The second-order valence-electron chi connectivity index (χ2n) is 5.50. The quantitative estimate of drug-likeness (QED) is 0.680. The summed E-state index contributed by atoms with van der Waals surface area (Å²) in [5.74, 6) is -0.282. The van der Waals surface area contributed by atoms with Crippen LogP contribution >= 0.6 is 0 Å². The number of amides is 4. The Hall–Kier alpha value is -1.59. The van der Waals surface area contributed by atoms with Crippen LogP contribution < -0.4 is 0 Å². The number of imide groups is 1. The minimum atomic E-state index is -0.304. The average Bonchev–Trinajstić information content (AvgIpc) is 3.00. The molecule has 0 bridgehead atoms. The Labute approximate surface area is 112 Å². The molecule has 1 unspecified atom stereocenters. The second-order valence-corrected chi connectivity index (χ2v) is 5.50. The summed E-state index contributed by atoms with van der Waals surface area (Å²) in [7, 11) is 0. The molecule has 3 rings (SSSR count). The molecule has 3 aliphatic rings. The maximum Gasteiger partial charge on any atom is 0.327 e. The van der Waals surface area contributed by atoms with Crippen LogP contribution in [0.5, 0.6) is 0 Å². The monoisotopic (exact) mass is 265 g/mol. The number of nitrogens with zero attached hydrogens (tertiary/aromatic N) is 3. The molecule has 0 aromatic carbocycles. The number of fused-ring (bicyclic) bond motifs is 1. The van der Waals surface area contributed by atoms with Gasteiger partial charge in [-0.05, 0) is 32.1 Å². The van der Waals surface area contributed by atoms with Crippen LogP contribution in [-0.2, 0) is 9.59 Å². The van der Waals surface area contributed by atoms with Crippen molar-refractivity contribution < 1.29 is 14.4 Å². The zero-order valence-corrected chi connectivity index (χ0v) is 11.0. The third-order valence-corrected chi connectivity index (χ3v) is 4.28. The topological polar surface area (TPSA) is 60.9 Å². The van der Waals surface area contributed by atoms with E-state index < -0.39 is 0 Å². The van der Waals surface area contributed by atoms with E-state index in [0.717, 1.165) is 50.1 Å². The first-order valence-electron chi connectivity index (χ1n) is 7.08. The molecule has 6 heteroatoms. The number of carbonyl (C=O) groups excluding carboxylic acids is 3. The van der Waals surface area contributed by atoms with Gasteiger partial charge in [0.25, 0.3) is 5.91 Å². The van der Waals surface area contributed by atoms with Crippen molar-refractivity contribution >= 4 is 17.8 Å². The van der Waals surface area contributed by atoms with E-state index in [-0.39, 0.29) is 30.4 Å². The summed E-state index contributed by atoms with van der Waals surface area (Å²) in [5, 5.41) is 0.